The molecule has 23 heavy (non-hydrogen) atoms. The van der Waals surface area contributed by atoms with Crippen molar-refractivity contribution < 1.29 is 9.53 Å². The van der Waals surface area contributed by atoms with Gasteiger partial charge in [0.15, 0.2) is 0 Å². The zero-order valence-electron chi connectivity index (χ0n) is 13.7. The summed E-state index contributed by atoms with van der Waals surface area (Å²) in [4.78, 5) is 15.1. The summed E-state index contributed by atoms with van der Waals surface area (Å²) in [6.07, 6.45) is 5.72. The van der Waals surface area contributed by atoms with Crippen molar-refractivity contribution in [3.05, 3.63) is 29.8 Å². The number of ether oxygens (including phenoxy) is 1. The van der Waals surface area contributed by atoms with Crippen molar-refractivity contribution in [2.45, 2.75) is 44.1 Å². The summed E-state index contributed by atoms with van der Waals surface area (Å²) >= 11 is 0. The quantitative estimate of drug-likeness (QED) is 0.912. The molecule has 2 atom stereocenters. The van der Waals surface area contributed by atoms with Crippen LogP contribution in [0.3, 0.4) is 0 Å². The van der Waals surface area contributed by atoms with Crippen molar-refractivity contribution in [1.29, 1.82) is 0 Å². The van der Waals surface area contributed by atoms with Gasteiger partial charge in [-0.3, -0.25) is 4.79 Å². The first-order valence-corrected chi connectivity index (χ1v) is 9.07. The smallest absolute Gasteiger partial charge is 0.230 e. The second-order valence-electron chi connectivity index (χ2n) is 7.09. The Morgan fingerprint density at radius 2 is 1.96 bits per heavy atom. The highest BCUT2D eigenvalue weighted by atomic mass is 16.5. The van der Waals surface area contributed by atoms with E-state index in [9.17, 15) is 4.79 Å². The Labute approximate surface area is 138 Å². The molecule has 0 bridgehead atoms. The molecule has 3 heterocycles. The van der Waals surface area contributed by atoms with Crippen molar-refractivity contribution in [2.24, 2.45) is 5.92 Å². The molecule has 3 aliphatic heterocycles. The van der Waals surface area contributed by atoms with E-state index in [-0.39, 0.29) is 5.92 Å². The number of hydrogen-bond acceptors (Lipinski definition) is 3. The van der Waals surface area contributed by atoms with E-state index in [1.54, 1.807) is 0 Å². The number of nitrogens with zero attached hydrogens (tertiary/aromatic N) is 1. The van der Waals surface area contributed by atoms with Gasteiger partial charge in [0.2, 0.25) is 5.91 Å². The number of likely N-dealkylation sites (tertiary alicyclic amines) is 1. The topological polar surface area (TPSA) is 41.6 Å². The number of nitrogens with one attached hydrogen (secondary N) is 1. The van der Waals surface area contributed by atoms with Gasteiger partial charge in [0, 0.05) is 24.7 Å². The third-order valence-electron chi connectivity index (χ3n) is 5.78. The van der Waals surface area contributed by atoms with Crippen LogP contribution in [-0.4, -0.2) is 43.1 Å². The number of carbonyl (C=O) groups is 1. The Bertz CT molecular complexity index is 560. The molecule has 124 valence electrons. The van der Waals surface area contributed by atoms with Crippen LogP contribution in [0.25, 0.3) is 0 Å². The summed E-state index contributed by atoms with van der Waals surface area (Å²) in [5.41, 5.74) is 1.07. The standard InChI is InChI=1S/C19H26N2O2/c22-19(16-9-13-23-18-6-2-1-4-15(16)18)21-11-7-14(8-12-21)17-5-3-10-20-17/h1-2,4,6,14,16-17,20H,3,5,7-13H2. The largest absolute Gasteiger partial charge is 0.493 e. The molecule has 3 aliphatic rings. The van der Waals surface area contributed by atoms with Crippen LogP contribution in [0.4, 0.5) is 0 Å². The van der Waals surface area contributed by atoms with E-state index in [1.807, 2.05) is 24.3 Å². The van der Waals surface area contributed by atoms with Crippen molar-refractivity contribution in [3.8, 4) is 5.75 Å². The fourth-order valence-corrected chi connectivity index (χ4v) is 4.46. The Morgan fingerprint density at radius 3 is 2.74 bits per heavy atom. The van der Waals surface area contributed by atoms with Crippen molar-refractivity contribution >= 4 is 5.91 Å². The van der Waals surface area contributed by atoms with E-state index < -0.39 is 0 Å². The molecule has 1 amide bonds. The van der Waals surface area contributed by atoms with Gasteiger partial charge < -0.3 is 15.0 Å². The van der Waals surface area contributed by atoms with Gasteiger partial charge in [-0.15, -0.1) is 0 Å². The van der Waals surface area contributed by atoms with Crippen LogP contribution in [0.5, 0.6) is 5.75 Å². The van der Waals surface area contributed by atoms with Gasteiger partial charge in [0.05, 0.1) is 12.5 Å². The number of benzene rings is 1. The Morgan fingerprint density at radius 1 is 1.13 bits per heavy atom. The number of carbonyl (C=O) groups excluding carboxylic acids is 1. The average molecular weight is 314 g/mol. The normalized spacial score (nSPS) is 28.3. The summed E-state index contributed by atoms with van der Waals surface area (Å²) in [6.45, 7) is 3.65. The van der Waals surface area contributed by atoms with E-state index >= 15 is 0 Å². The lowest BCUT2D eigenvalue weighted by molar-refractivity contribution is -0.135. The zero-order chi connectivity index (χ0) is 15.6. The molecule has 0 spiro atoms. The van der Waals surface area contributed by atoms with E-state index in [1.165, 1.54) is 19.4 Å². The highest BCUT2D eigenvalue weighted by molar-refractivity contribution is 5.85. The summed E-state index contributed by atoms with van der Waals surface area (Å²) in [6, 6.07) is 8.70. The molecule has 0 radical (unpaired) electrons. The minimum atomic E-state index is -0.0129. The molecule has 0 aliphatic carbocycles. The number of fused-ring (bicyclic) bond motifs is 1. The molecule has 4 rings (SSSR count). The van der Waals surface area contributed by atoms with Gasteiger partial charge in [0.25, 0.3) is 0 Å². The van der Waals surface area contributed by atoms with Crippen molar-refractivity contribution in [3.63, 3.8) is 0 Å². The summed E-state index contributed by atoms with van der Waals surface area (Å²) in [5.74, 6) is 1.94. The zero-order valence-corrected chi connectivity index (χ0v) is 13.7. The van der Waals surface area contributed by atoms with Crippen LogP contribution in [0.2, 0.25) is 0 Å². The predicted molar refractivity (Wildman–Crippen MR) is 89.6 cm³/mol. The van der Waals surface area contributed by atoms with Crippen LogP contribution in [0.15, 0.2) is 24.3 Å². The second kappa shape index (κ2) is 6.52. The Kier molecular flexibility index (Phi) is 4.25. The number of rotatable bonds is 2. The molecule has 0 saturated carbocycles. The molecule has 2 saturated heterocycles. The van der Waals surface area contributed by atoms with Gasteiger partial charge in [-0.1, -0.05) is 18.2 Å². The molecule has 1 N–H and O–H groups in total. The van der Waals surface area contributed by atoms with Gasteiger partial charge in [-0.25, -0.2) is 0 Å². The molecule has 2 unspecified atom stereocenters. The second-order valence-corrected chi connectivity index (χ2v) is 7.09. The highest BCUT2D eigenvalue weighted by Gasteiger charge is 2.34. The molecular weight excluding hydrogens is 288 g/mol. The number of hydrogen-bond donors (Lipinski definition) is 1. The molecule has 2 fully saturated rings. The Hall–Kier alpha value is -1.55. The van der Waals surface area contributed by atoms with Crippen molar-refractivity contribution in [2.75, 3.05) is 26.2 Å². The third-order valence-corrected chi connectivity index (χ3v) is 5.78. The van der Waals surface area contributed by atoms with E-state index in [0.29, 0.717) is 18.6 Å². The minimum Gasteiger partial charge on any atom is -0.493 e. The molecule has 4 heteroatoms. The van der Waals surface area contributed by atoms with Gasteiger partial charge in [-0.2, -0.15) is 0 Å². The SMILES string of the molecule is O=C(C1CCOc2ccccc21)N1CCC(C2CCCN2)CC1. The van der Waals surface area contributed by atoms with Gasteiger partial charge in [-0.05, 0) is 50.6 Å². The van der Waals surface area contributed by atoms with Gasteiger partial charge in [0.1, 0.15) is 5.75 Å². The fourth-order valence-electron chi connectivity index (χ4n) is 4.46. The molecular formula is C19H26N2O2. The lowest BCUT2D eigenvalue weighted by atomic mass is 9.86. The van der Waals surface area contributed by atoms with Crippen LogP contribution in [0, 0.1) is 5.92 Å². The lowest BCUT2D eigenvalue weighted by Gasteiger charge is -2.37. The summed E-state index contributed by atoms with van der Waals surface area (Å²) < 4.78 is 5.70. The lowest BCUT2D eigenvalue weighted by Crippen LogP contribution is -2.45. The first-order chi connectivity index (χ1) is 11.3. The van der Waals surface area contributed by atoms with Crippen molar-refractivity contribution in [1.82, 2.24) is 10.2 Å². The fraction of sp³-hybridized carbons (Fsp3) is 0.632. The molecule has 0 aromatic heterocycles. The summed E-state index contributed by atoms with van der Waals surface area (Å²) in [5, 5.41) is 3.63. The van der Waals surface area contributed by atoms with E-state index in [2.05, 4.69) is 10.2 Å². The average Bonchev–Trinajstić information content (AvgIpc) is 3.15. The van der Waals surface area contributed by atoms with E-state index in [0.717, 1.165) is 49.6 Å². The molecule has 4 nitrogen and oxygen atoms in total. The van der Waals surface area contributed by atoms with Crippen LogP contribution >= 0.6 is 0 Å². The maximum atomic E-state index is 13.0. The third kappa shape index (κ3) is 2.97. The monoisotopic (exact) mass is 314 g/mol. The van der Waals surface area contributed by atoms with Gasteiger partial charge >= 0.3 is 0 Å². The predicted octanol–water partition coefficient (Wildman–Crippen LogP) is 2.54. The number of amides is 1. The molecule has 1 aromatic carbocycles. The first kappa shape index (κ1) is 15.0. The number of para-hydroxylation sites is 1. The van der Waals surface area contributed by atoms with Crippen LogP contribution < -0.4 is 10.1 Å². The highest BCUT2D eigenvalue weighted by Crippen LogP contribution is 2.35. The molecule has 1 aromatic rings. The first-order valence-electron chi connectivity index (χ1n) is 9.07. The maximum Gasteiger partial charge on any atom is 0.230 e. The maximum absolute atomic E-state index is 13.0. The Balaban J connectivity index is 1.41. The minimum absolute atomic E-state index is 0.0129. The van der Waals surface area contributed by atoms with E-state index in [4.69, 9.17) is 4.74 Å². The van der Waals surface area contributed by atoms with Crippen LogP contribution in [0.1, 0.15) is 43.6 Å². The number of piperidine rings is 1. The summed E-state index contributed by atoms with van der Waals surface area (Å²) in [7, 11) is 0. The van der Waals surface area contributed by atoms with Crippen LogP contribution in [-0.2, 0) is 4.79 Å².